The minimum Gasteiger partial charge on any atom is -0.496 e. The highest BCUT2D eigenvalue weighted by atomic mass is 19.4. The molecular formula is C16H16F3NO2. The van der Waals surface area contributed by atoms with Gasteiger partial charge in [0.2, 0.25) is 0 Å². The molecule has 0 fully saturated rings. The van der Waals surface area contributed by atoms with Gasteiger partial charge in [0.25, 0.3) is 0 Å². The number of alkyl halides is 3. The standard InChI is InChI=1S/C16H16F3NO2/c1-22-15-7-6-14(8-12(15)10-21)20-9-11-2-4-13(5-3-11)16(17,18)19/h2-8,20-21H,9-10H2,1H3. The highest BCUT2D eigenvalue weighted by Gasteiger charge is 2.29. The Hall–Kier alpha value is -2.21. The number of hydrogen-bond acceptors (Lipinski definition) is 3. The molecule has 0 aliphatic rings. The van der Waals surface area contributed by atoms with Gasteiger partial charge in [-0.2, -0.15) is 13.2 Å². The van der Waals surface area contributed by atoms with E-state index >= 15 is 0 Å². The zero-order valence-electron chi connectivity index (χ0n) is 11.9. The molecule has 0 aliphatic heterocycles. The number of halogens is 3. The first-order valence-corrected chi connectivity index (χ1v) is 6.62. The molecule has 0 aromatic heterocycles. The molecule has 2 N–H and O–H groups in total. The van der Waals surface area contributed by atoms with Gasteiger partial charge < -0.3 is 15.2 Å². The third-order valence-electron chi connectivity index (χ3n) is 3.23. The maximum Gasteiger partial charge on any atom is 0.416 e. The van der Waals surface area contributed by atoms with Crippen molar-refractivity contribution in [2.24, 2.45) is 0 Å². The van der Waals surface area contributed by atoms with E-state index in [1.54, 1.807) is 18.2 Å². The topological polar surface area (TPSA) is 41.5 Å². The molecule has 0 amide bonds. The highest BCUT2D eigenvalue weighted by molar-refractivity contribution is 5.51. The summed E-state index contributed by atoms with van der Waals surface area (Å²) in [4.78, 5) is 0. The van der Waals surface area contributed by atoms with E-state index in [0.29, 0.717) is 17.9 Å². The molecule has 3 nitrogen and oxygen atoms in total. The molecule has 2 aromatic carbocycles. The van der Waals surface area contributed by atoms with Crippen LogP contribution in [0.5, 0.6) is 5.75 Å². The normalized spacial score (nSPS) is 11.3. The molecule has 0 heterocycles. The molecule has 0 unspecified atom stereocenters. The molecule has 118 valence electrons. The van der Waals surface area contributed by atoms with Crippen LogP contribution in [-0.2, 0) is 19.3 Å². The molecule has 0 saturated heterocycles. The smallest absolute Gasteiger partial charge is 0.416 e. The van der Waals surface area contributed by atoms with Gasteiger partial charge in [-0.1, -0.05) is 12.1 Å². The number of methoxy groups -OCH3 is 1. The summed E-state index contributed by atoms with van der Waals surface area (Å²) >= 11 is 0. The molecule has 0 atom stereocenters. The fourth-order valence-electron chi connectivity index (χ4n) is 2.03. The van der Waals surface area contributed by atoms with Crippen LogP contribution >= 0.6 is 0 Å². The lowest BCUT2D eigenvalue weighted by molar-refractivity contribution is -0.137. The fourth-order valence-corrected chi connectivity index (χ4v) is 2.03. The first-order valence-electron chi connectivity index (χ1n) is 6.62. The summed E-state index contributed by atoms with van der Waals surface area (Å²) in [5.74, 6) is 0.586. The molecule has 6 heteroatoms. The Morgan fingerprint density at radius 3 is 2.32 bits per heavy atom. The summed E-state index contributed by atoms with van der Waals surface area (Å²) in [5, 5.41) is 12.3. The summed E-state index contributed by atoms with van der Waals surface area (Å²) < 4.78 is 42.5. The lowest BCUT2D eigenvalue weighted by Crippen LogP contribution is -2.05. The van der Waals surface area contributed by atoms with E-state index in [9.17, 15) is 18.3 Å². The number of ether oxygens (including phenoxy) is 1. The van der Waals surface area contributed by atoms with Gasteiger partial charge in [0, 0.05) is 17.8 Å². The number of anilines is 1. The fraction of sp³-hybridized carbons (Fsp3) is 0.250. The van der Waals surface area contributed by atoms with Crippen LogP contribution in [-0.4, -0.2) is 12.2 Å². The number of hydrogen-bond donors (Lipinski definition) is 2. The number of rotatable bonds is 5. The van der Waals surface area contributed by atoms with Crippen molar-refractivity contribution < 1.29 is 23.0 Å². The molecule has 0 radical (unpaired) electrons. The van der Waals surface area contributed by atoms with Gasteiger partial charge in [-0.25, -0.2) is 0 Å². The van der Waals surface area contributed by atoms with E-state index in [1.807, 2.05) is 0 Å². The van der Waals surface area contributed by atoms with Crippen LogP contribution in [0.1, 0.15) is 16.7 Å². The van der Waals surface area contributed by atoms with E-state index in [-0.39, 0.29) is 6.61 Å². The molecule has 0 bridgehead atoms. The monoisotopic (exact) mass is 311 g/mol. The van der Waals surface area contributed by atoms with Gasteiger partial charge in [0.1, 0.15) is 5.75 Å². The average molecular weight is 311 g/mol. The van der Waals surface area contributed by atoms with Crippen LogP contribution < -0.4 is 10.1 Å². The molecular weight excluding hydrogens is 295 g/mol. The van der Waals surface area contributed by atoms with Gasteiger partial charge >= 0.3 is 6.18 Å². The first kappa shape index (κ1) is 16.2. The Bertz CT molecular complexity index is 624. The van der Waals surface area contributed by atoms with Gasteiger partial charge in [0.15, 0.2) is 0 Å². The Balaban J connectivity index is 2.04. The molecule has 0 saturated carbocycles. The lowest BCUT2D eigenvalue weighted by Gasteiger charge is -2.12. The number of benzene rings is 2. The number of aliphatic hydroxyl groups excluding tert-OH is 1. The van der Waals surface area contributed by atoms with Crippen LogP contribution in [0.2, 0.25) is 0 Å². The van der Waals surface area contributed by atoms with Crippen LogP contribution in [0.15, 0.2) is 42.5 Å². The van der Waals surface area contributed by atoms with Gasteiger partial charge in [-0.05, 0) is 35.9 Å². The van der Waals surface area contributed by atoms with Crippen molar-refractivity contribution in [3.8, 4) is 5.75 Å². The van der Waals surface area contributed by atoms with Crippen LogP contribution in [0.3, 0.4) is 0 Å². The maximum atomic E-state index is 12.5. The van der Waals surface area contributed by atoms with Crippen molar-refractivity contribution in [1.29, 1.82) is 0 Å². The quantitative estimate of drug-likeness (QED) is 0.882. The van der Waals surface area contributed by atoms with Crippen molar-refractivity contribution in [3.05, 3.63) is 59.2 Å². The Morgan fingerprint density at radius 1 is 1.09 bits per heavy atom. The Labute approximate surface area is 126 Å². The molecule has 2 aromatic rings. The largest absolute Gasteiger partial charge is 0.496 e. The van der Waals surface area contributed by atoms with E-state index in [1.165, 1.54) is 19.2 Å². The average Bonchev–Trinajstić information content (AvgIpc) is 2.52. The lowest BCUT2D eigenvalue weighted by atomic mass is 10.1. The van der Waals surface area contributed by atoms with Crippen molar-refractivity contribution in [1.82, 2.24) is 0 Å². The van der Waals surface area contributed by atoms with Gasteiger partial charge in [-0.15, -0.1) is 0 Å². The van der Waals surface area contributed by atoms with Crippen molar-refractivity contribution in [3.63, 3.8) is 0 Å². The van der Waals surface area contributed by atoms with Crippen molar-refractivity contribution in [2.45, 2.75) is 19.3 Å². The number of nitrogens with one attached hydrogen (secondary N) is 1. The van der Waals surface area contributed by atoms with Crippen molar-refractivity contribution in [2.75, 3.05) is 12.4 Å². The second-order valence-electron chi connectivity index (χ2n) is 4.73. The van der Waals surface area contributed by atoms with E-state index in [2.05, 4.69) is 5.32 Å². The summed E-state index contributed by atoms with van der Waals surface area (Å²) in [5.41, 5.74) is 1.46. The van der Waals surface area contributed by atoms with E-state index in [4.69, 9.17) is 4.74 Å². The number of aliphatic hydroxyl groups is 1. The third kappa shape index (κ3) is 3.92. The van der Waals surface area contributed by atoms with E-state index in [0.717, 1.165) is 23.4 Å². The van der Waals surface area contributed by atoms with Gasteiger partial charge in [0.05, 0.1) is 19.3 Å². The van der Waals surface area contributed by atoms with Crippen LogP contribution in [0.4, 0.5) is 18.9 Å². The summed E-state index contributed by atoms with van der Waals surface area (Å²) in [6, 6.07) is 10.2. The first-order chi connectivity index (χ1) is 10.4. The predicted octanol–water partition coefficient (Wildman–Crippen LogP) is 3.82. The SMILES string of the molecule is COc1ccc(NCc2ccc(C(F)(F)F)cc2)cc1CO. The summed E-state index contributed by atoms with van der Waals surface area (Å²) in [6.07, 6.45) is -4.32. The second kappa shape index (κ2) is 6.70. The zero-order valence-corrected chi connectivity index (χ0v) is 11.9. The highest BCUT2D eigenvalue weighted by Crippen LogP contribution is 2.29. The Kier molecular flexibility index (Phi) is 4.92. The third-order valence-corrected chi connectivity index (χ3v) is 3.23. The van der Waals surface area contributed by atoms with Gasteiger partial charge in [-0.3, -0.25) is 0 Å². The molecule has 0 spiro atoms. The summed E-state index contributed by atoms with van der Waals surface area (Å²) in [7, 11) is 1.52. The van der Waals surface area contributed by atoms with Crippen LogP contribution in [0.25, 0.3) is 0 Å². The molecule has 0 aliphatic carbocycles. The van der Waals surface area contributed by atoms with Crippen molar-refractivity contribution >= 4 is 5.69 Å². The maximum absolute atomic E-state index is 12.5. The predicted molar refractivity (Wildman–Crippen MR) is 77.7 cm³/mol. The minimum atomic E-state index is -4.32. The second-order valence-corrected chi connectivity index (χ2v) is 4.73. The van der Waals surface area contributed by atoms with E-state index < -0.39 is 11.7 Å². The molecule has 2 rings (SSSR count). The zero-order chi connectivity index (χ0) is 16.2. The van der Waals surface area contributed by atoms with Crippen LogP contribution in [0, 0.1) is 0 Å². The molecule has 22 heavy (non-hydrogen) atoms. The summed E-state index contributed by atoms with van der Waals surface area (Å²) in [6.45, 7) is 0.230. The minimum absolute atomic E-state index is 0.154. The Morgan fingerprint density at radius 2 is 1.77 bits per heavy atom.